The number of thiophene rings is 1. The van der Waals surface area contributed by atoms with Gasteiger partial charge in [-0.1, -0.05) is 0 Å². The molecule has 0 saturated carbocycles. The van der Waals surface area contributed by atoms with Gasteiger partial charge < -0.3 is 4.98 Å². The van der Waals surface area contributed by atoms with Gasteiger partial charge in [-0.25, -0.2) is 9.37 Å². The first-order valence-electron chi connectivity index (χ1n) is 4.74. The summed E-state index contributed by atoms with van der Waals surface area (Å²) in [6.45, 7) is 0. The number of nitrogens with zero attached hydrogens (tertiary/aromatic N) is 1. The van der Waals surface area contributed by atoms with Crippen molar-refractivity contribution in [1.29, 1.82) is 0 Å². The largest absolute Gasteiger partial charge is 0.338 e. The van der Waals surface area contributed by atoms with Crippen molar-refractivity contribution in [2.45, 2.75) is 0 Å². The van der Waals surface area contributed by atoms with Gasteiger partial charge in [0.1, 0.15) is 11.6 Å². The van der Waals surface area contributed by atoms with Crippen LogP contribution in [0, 0.1) is 5.82 Å². The van der Waals surface area contributed by atoms with Crippen LogP contribution in [-0.4, -0.2) is 9.97 Å². The van der Waals surface area contributed by atoms with E-state index in [9.17, 15) is 4.39 Å². The molecule has 0 bridgehead atoms. The lowest BCUT2D eigenvalue weighted by Crippen LogP contribution is -1.76. The molecule has 1 N–H and O–H groups in total. The van der Waals surface area contributed by atoms with Crippen LogP contribution in [0.4, 0.5) is 4.39 Å². The Balaban J connectivity index is 2.21. The van der Waals surface area contributed by atoms with Crippen LogP contribution in [0.5, 0.6) is 0 Å². The van der Waals surface area contributed by atoms with Gasteiger partial charge in [-0.3, -0.25) is 0 Å². The maximum atomic E-state index is 13.1. The van der Waals surface area contributed by atoms with Crippen molar-refractivity contribution in [3.05, 3.63) is 37.7 Å². The number of hydrogen-bond acceptors (Lipinski definition) is 2. The predicted octanol–water partition coefficient (Wildman–Crippen LogP) is 4.96. The molecule has 1 aromatic carbocycles. The van der Waals surface area contributed by atoms with Crippen molar-refractivity contribution in [2.24, 2.45) is 0 Å². The number of aromatic nitrogens is 2. The molecule has 0 spiro atoms. The van der Waals surface area contributed by atoms with Crippen molar-refractivity contribution < 1.29 is 4.39 Å². The number of benzene rings is 1. The van der Waals surface area contributed by atoms with E-state index in [4.69, 9.17) is 0 Å². The minimum Gasteiger partial charge on any atom is -0.338 e. The number of aromatic amines is 1. The summed E-state index contributed by atoms with van der Waals surface area (Å²) in [5.74, 6) is 0.470. The quantitative estimate of drug-likeness (QED) is 0.640. The number of imidazole rings is 1. The minimum absolute atomic E-state index is 0.265. The molecule has 0 atom stereocenters. The second-order valence-corrected chi connectivity index (χ2v) is 7.23. The van der Waals surface area contributed by atoms with Crippen LogP contribution in [-0.2, 0) is 0 Å². The van der Waals surface area contributed by atoms with Crippen LogP contribution in [0.25, 0.3) is 22.4 Å². The molecule has 0 aliphatic rings. The van der Waals surface area contributed by atoms with E-state index in [1.807, 2.05) is 6.07 Å². The first kappa shape index (κ1) is 11.4. The van der Waals surface area contributed by atoms with Crippen LogP contribution in [0.1, 0.15) is 0 Å². The van der Waals surface area contributed by atoms with E-state index in [0.717, 1.165) is 24.5 Å². The number of hydrogen-bond donors (Lipinski definition) is 1. The Labute approximate surface area is 117 Å². The average Bonchev–Trinajstić information content (AvgIpc) is 2.80. The highest BCUT2D eigenvalue weighted by molar-refractivity contribution is 9.12. The standard InChI is InChI=1S/C11H5Br2FN2S/c12-9-4-6(10(13)17-9)11-15-7-2-1-5(14)3-8(7)16-11/h1-4H,(H,15,16). The molecule has 17 heavy (non-hydrogen) atoms. The Kier molecular flexibility index (Phi) is 2.80. The Morgan fingerprint density at radius 1 is 1.24 bits per heavy atom. The summed E-state index contributed by atoms with van der Waals surface area (Å²) in [6.07, 6.45) is 0. The summed E-state index contributed by atoms with van der Waals surface area (Å²) in [5.41, 5.74) is 2.43. The molecule has 3 rings (SSSR count). The van der Waals surface area contributed by atoms with E-state index in [2.05, 4.69) is 41.8 Å². The molecule has 86 valence electrons. The zero-order chi connectivity index (χ0) is 12.0. The van der Waals surface area contributed by atoms with Gasteiger partial charge in [-0.2, -0.15) is 0 Å². The SMILES string of the molecule is Fc1ccc2nc(-c3cc(Br)sc3Br)[nH]c2c1. The minimum atomic E-state index is -0.265. The van der Waals surface area contributed by atoms with Crippen molar-refractivity contribution in [1.82, 2.24) is 9.97 Å². The highest BCUT2D eigenvalue weighted by Gasteiger charge is 2.12. The first-order chi connectivity index (χ1) is 8.13. The average molecular weight is 376 g/mol. The number of halogens is 3. The Hall–Kier alpha value is -0.720. The normalized spacial score (nSPS) is 11.2. The summed E-state index contributed by atoms with van der Waals surface area (Å²) in [4.78, 5) is 7.54. The van der Waals surface area contributed by atoms with E-state index in [1.54, 1.807) is 17.4 Å². The van der Waals surface area contributed by atoms with Crippen LogP contribution >= 0.6 is 43.2 Å². The summed E-state index contributed by atoms with van der Waals surface area (Å²) in [6, 6.07) is 6.50. The van der Waals surface area contributed by atoms with E-state index < -0.39 is 0 Å². The van der Waals surface area contributed by atoms with Crippen LogP contribution < -0.4 is 0 Å². The topological polar surface area (TPSA) is 28.7 Å². The molecular weight excluding hydrogens is 371 g/mol. The van der Waals surface area contributed by atoms with Crippen molar-refractivity contribution in [2.75, 3.05) is 0 Å². The molecule has 3 aromatic rings. The lowest BCUT2D eigenvalue weighted by molar-refractivity contribution is 0.629. The fourth-order valence-electron chi connectivity index (χ4n) is 1.61. The summed E-state index contributed by atoms with van der Waals surface area (Å²) in [7, 11) is 0. The van der Waals surface area contributed by atoms with Gasteiger partial charge in [-0.05, 0) is 56.1 Å². The van der Waals surface area contributed by atoms with E-state index >= 15 is 0 Å². The van der Waals surface area contributed by atoms with Crippen LogP contribution in [0.2, 0.25) is 0 Å². The predicted molar refractivity (Wildman–Crippen MR) is 74.8 cm³/mol. The molecular formula is C11H5Br2FN2S. The van der Waals surface area contributed by atoms with Crippen molar-refractivity contribution >= 4 is 54.2 Å². The monoisotopic (exact) mass is 374 g/mol. The van der Waals surface area contributed by atoms with Gasteiger partial charge in [-0.15, -0.1) is 11.3 Å². The second kappa shape index (κ2) is 4.19. The Morgan fingerprint density at radius 3 is 2.76 bits per heavy atom. The molecule has 0 unspecified atom stereocenters. The summed E-state index contributed by atoms with van der Waals surface area (Å²) < 4.78 is 15.1. The molecule has 6 heteroatoms. The molecule has 0 fully saturated rings. The van der Waals surface area contributed by atoms with Gasteiger partial charge in [0.2, 0.25) is 0 Å². The smallest absolute Gasteiger partial charge is 0.140 e. The first-order valence-corrected chi connectivity index (χ1v) is 7.14. The van der Waals surface area contributed by atoms with Gasteiger partial charge in [0.15, 0.2) is 0 Å². The maximum absolute atomic E-state index is 13.1. The lowest BCUT2D eigenvalue weighted by atomic mass is 10.3. The van der Waals surface area contributed by atoms with Gasteiger partial charge in [0.25, 0.3) is 0 Å². The van der Waals surface area contributed by atoms with E-state index in [-0.39, 0.29) is 5.82 Å². The highest BCUT2D eigenvalue weighted by Crippen LogP contribution is 2.37. The van der Waals surface area contributed by atoms with Crippen LogP contribution in [0.3, 0.4) is 0 Å². The van der Waals surface area contributed by atoms with Gasteiger partial charge in [0.05, 0.1) is 18.6 Å². The van der Waals surface area contributed by atoms with Crippen LogP contribution in [0.15, 0.2) is 31.8 Å². The molecule has 0 radical (unpaired) electrons. The molecule has 0 aliphatic carbocycles. The molecule has 2 aromatic heterocycles. The van der Waals surface area contributed by atoms with Crippen molar-refractivity contribution in [3.63, 3.8) is 0 Å². The Bertz CT molecular complexity index is 705. The fraction of sp³-hybridized carbons (Fsp3) is 0. The Morgan fingerprint density at radius 2 is 2.06 bits per heavy atom. The fourth-order valence-corrected chi connectivity index (χ4v) is 4.42. The molecule has 2 heterocycles. The molecule has 0 saturated heterocycles. The molecule has 2 nitrogen and oxygen atoms in total. The third-order valence-corrected chi connectivity index (χ3v) is 4.70. The summed E-state index contributed by atoms with van der Waals surface area (Å²) in [5, 5.41) is 0. The van der Waals surface area contributed by atoms with Gasteiger partial charge in [0, 0.05) is 5.56 Å². The zero-order valence-corrected chi connectivity index (χ0v) is 12.3. The molecule has 0 aliphatic heterocycles. The van der Waals surface area contributed by atoms with E-state index in [1.165, 1.54) is 12.1 Å². The van der Waals surface area contributed by atoms with Gasteiger partial charge >= 0.3 is 0 Å². The number of fused-ring (bicyclic) bond motifs is 1. The highest BCUT2D eigenvalue weighted by atomic mass is 79.9. The zero-order valence-electron chi connectivity index (χ0n) is 8.30. The van der Waals surface area contributed by atoms with E-state index in [0.29, 0.717) is 5.52 Å². The number of H-pyrrole nitrogens is 1. The third-order valence-electron chi connectivity index (χ3n) is 2.36. The number of rotatable bonds is 1. The summed E-state index contributed by atoms with van der Waals surface area (Å²) >= 11 is 8.48. The second-order valence-electron chi connectivity index (χ2n) is 3.48. The lowest BCUT2D eigenvalue weighted by Gasteiger charge is -1.90. The molecule has 0 amide bonds. The number of nitrogens with one attached hydrogen (secondary N) is 1. The third kappa shape index (κ3) is 2.05. The van der Waals surface area contributed by atoms with Crippen molar-refractivity contribution in [3.8, 4) is 11.4 Å². The maximum Gasteiger partial charge on any atom is 0.140 e.